The Morgan fingerprint density at radius 2 is 1.58 bits per heavy atom. The minimum atomic E-state index is -3.72. The molecule has 0 atom stereocenters. The molecule has 0 aliphatic carbocycles. The number of rotatable bonds is 7. The molecular weight excluding hydrogens is 417 g/mol. The van der Waals surface area contributed by atoms with Crippen LogP contribution in [-0.2, 0) is 10.0 Å². The minimum Gasteiger partial charge on any atom is -0.307 e. The highest BCUT2D eigenvalue weighted by Crippen LogP contribution is 2.19. The van der Waals surface area contributed by atoms with Crippen molar-refractivity contribution in [2.75, 3.05) is 23.3 Å². The maximum Gasteiger partial charge on any atom is 0.326 e. The van der Waals surface area contributed by atoms with Crippen molar-refractivity contribution in [2.24, 2.45) is 0 Å². The Balaban J connectivity index is 1.75. The van der Waals surface area contributed by atoms with Gasteiger partial charge in [-0.25, -0.2) is 22.3 Å². The lowest BCUT2D eigenvalue weighted by Gasteiger charge is -2.24. The van der Waals surface area contributed by atoms with Crippen molar-refractivity contribution in [2.45, 2.75) is 18.7 Å². The van der Waals surface area contributed by atoms with E-state index in [-0.39, 0.29) is 18.0 Å². The van der Waals surface area contributed by atoms with Gasteiger partial charge in [0.2, 0.25) is 10.0 Å². The molecule has 0 heterocycles. The highest BCUT2D eigenvalue weighted by Gasteiger charge is 2.19. The molecule has 2 amide bonds. The molecule has 31 heavy (non-hydrogen) atoms. The zero-order valence-corrected chi connectivity index (χ0v) is 18.1. The molecule has 6 nitrogen and oxygen atoms in total. The Morgan fingerprint density at radius 3 is 2.23 bits per heavy atom. The van der Waals surface area contributed by atoms with E-state index in [4.69, 9.17) is 0 Å². The molecule has 0 spiro atoms. The predicted octanol–water partition coefficient (Wildman–Crippen LogP) is 4.46. The van der Waals surface area contributed by atoms with Crippen LogP contribution in [0.25, 0.3) is 0 Å². The molecule has 8 heteroatoms. The Hall–Kier alpha value is -3.23. The number of para-hydroxylation sites is 1. The summed E-state index contributed by atoms with van der Waals surface area (Å²) in [4.78, 5) is 14.5. The summed E-state index contributed by atoms with van der Waals surface area (Å²) in [5.74, 6) is -0.428. The van der Waals surface area contributed by atoms with Gasteiger partial charge < -0.3 is 5.32 Å². The number of hydrogen-bond donors (Lipinski definition) is 2. The molecule has 3 aromatic carbocycles. The number of aryl methyl sites for hydroxylation is 2. The van der Waals surface area contributed by atoms with Gasteiger partial charge >= 0.3 is 6.03 Å². The summed E-state index contributed by atoms with van der Waals surface area (Å²) in [5, 5.41) is 2.82. The Kier molecular flexibility index (Phi) is 7.04. The molecule has 0 bridgehead atoms. The monoisotopic (exact) mass is 441 g/mol. The number of amides is 2. The first-order chi connectivity index (χ1) is 14.8. The lowest BCUT2D eigenvalue weighted by atomic mass is 10.2. The summed E-state index contributed by atoms with van der Waals surface area (Å²) in [6, 6.07) is 18.8. The zero-order chi connectivity index (χ0) is 22.4. The van der Waals surface area contributed by atoms with Gasteiger partial charge in [0.05, 0.1) is 4.90 Å². The predicted molar refractivity (Wildman–Crippen MR) is 120 cm³/mol. The standard InChI is InChI=1S/C23H24FN3O3S/c1-17-7-13-21(14-8-17)31(29,30)25-15-16-27(20-11-9-19(24)10-12-20)23(28)26-22-6-4-3-5-18(22)2/h3-14,25H,15-16H2,1-2H3,(H,26,28). The van der Waals surface area contributed by atoms with Crippen LogP contribution in [0.3, 0.4) is 0 Å². The number of carbonyl (C=O) groups is 1. The van der Waals surface area contributed by atoms with Crippen LogP contribution in [0.15, 0.2) is 77.7 Å². The number of benzene rings is 3. The summed E-state index contributed by atoms with van der Waals surface area (Å²) in [7, 11) is -3.72. The van der Waals surface area contributed by atoms with Crippen molar-refractivity contribution in [1.29, 1.82) is 0 Å². The van der Waals surface area contributed by atoms with Crippen molar-refractivity contribution in [3.8, 4) is 0 Å². The van der Waals surface area contributed by atoms with E-state index in [1.165, 1.54) is 41.3 Å². The van der Waals surface area contributed by atoms with Gasteiger partial charge in [0.1, 0.15) is 5.82 Å². The quantitative estimate of drug-likeness (QED) is 0.568. The molecule has 3 aromatic rings. The number of hydrogen-bond acceptors (Lipinski definition) is 3. The number of nitrogens with one attached hydrogen (secondary N) is 2. The zero-order valence-electron chi connectivity index (χ0n) is 17.3. The van der Waals surface area contributed by atoms with E-state index in [2.05, 4.69) is 10.0 Å². The maximum atomic E-state index is 13.4. The van der Waals surface area contributed by atoms with Crippen molar-refractivity contribution < 1.29 is 17.6 Å². The molecule has 0 aliphatic heterocycles. The second kappa shape index (κ2) is 9.72. The van der Waals surface area contributed by atoms with Gasteiger partial charge in [0, 0.05) is 24.5 Å². The first kappa shape index (κ1) is 22.5. The van der Waals surface area contributed by atoms with E-state index >= 15 is 0 Å². The van der Waals surface area contributed by atoms with Crippen LogP contribution in [0, 0.1) is 19.7 Å². The van der Waals surface area contributed by atoms with Crippen molar-refractivity contribution in [3.05, 3.63) is 89.7 Å². The molecule has 2 N–H and O–H groups in total. The number of anilines is 2. The van der Waals surface area contributed by atoms with Crippen molar-refractivity contribution in [1.82, 2.24) is 4.72 Å². The van der Waals surface area contributed by atoms with Gasteiger partial charge in [0.15, 0.2) is 0 Å². The van der Waals surface area contributed by atoms with E-state index in [0.29, 0.717) is 11.4 Å². The van der Waals surface area contributed by atoms with E-state index in [9.17, 15) is 17.6 Å². The molecule has 3 rings (SSSR count). The SMILES string of the molecule is Cc1ccc(S(=O)(=O)NCCN(C(=O)Nc2ccccc2C)c2ccc(F)cc2)cc1. The molecule has 0 unspecified atom stereocenters. The molecule has 0 saturated carbocycles. The molecule has 0 saturated heterocycles. The topological polar surface area (TPSA) is 78.5 Å². The van der Waals surface area contributed by atoms with Crippen LogP contribution in [0.4, 0.5) is 20.6 Å². The van der Waals surface area contributed by atoms with Gasteiger partial charge in [-0.15, -0.1) is 0 Å². The maximum absolute atomic E-state index is 13.4. The highest BCUT2D eigenvalue weighted by atomic mass is 32.2. The summed E-state index contributed by atoms with van der Waals surface area (Å²) < 4.78 is 40.9. The average Bonchev–Trinajstić information content (AvgIpc) is 2.74. The third-order valence-electron chi connectivity index (χ3n) is 4.73. The second-order valence-corrected chi connectivity index (χ2v) is 8.85. The second-order valence-electron chi connectivity index (χ2n) is 7.08. The number of sulfonamides is 1. The highest BCUT2D eigenvalue weighted by molar-refractivity contribution is 7.89. The first-order valence-electron chi connectivity index (χ1n) is 9.72. The summed E-state index contributed by atoms with van der Waals surface area (Å²) in [5.41, 5.74) is 2.92. The number of nitrogens with zero attached hydrogens (tertiary/aromatic N) is 1. The van der Waals surface area contributed by atoms with Crippen LogP contribution in [0.1, 0.15) is 11.1 Å². The summed E-state index contributed by atoms with van der Waals surface area (Å²) in [6.45, 7) is 3.77. The lowest BCUT2D eigenvalue weighted by Crippen LogP contribution is -2.41. The van der Waals surface area contributed by atoms with Crippen LogP contribution in [-0.4, -0.2) is 27.5 Å². The average molecular weight is 442 g/mol. The van der Waals surface area contributed by atoms with Gasteiger partial charge in [-0.2, -0.15) is 0 Å². The number of urea groups is 1. The molecule has 0 fully saturated rings. The molecule has 0 aromatic heterocycles. The molecule has 0 aliphatic rings. The molecule has 162 valence electrons. The third-order valence-corrected chi connectivity index (χ3v) is 6.21. The Bertz CT molecular complexity index is 1150. The number of halogens is 1. The van der Waals surface area contributed by atoms with E-state index in [0.717, 1.165) is 11.1 Å². The Morgan fingerprint density at radius 1 is 0.935 bits per heavy atom. The molecular formula is C23H24FN3O3S. The summed E-state index contributed by atoms with van der Waals surface area (Å²) >= 11 is 0. The molecule has 0 radical (unpaired) electrons. The van der Waals surface area contributed by atoms with E-state index in [1.54, 1.807) is 24.3 Å². The first-order valence-corrected chi connectivity index (χ1v) is 11.2. The fourth-order valence-electron chi connectivity index (χ4n) is 2.96. The fourth-order valence-corrected chi connectivity index (χ4v) is 3.98. The van der Waals surface area contributed by atoms with Gasteiger partial charge in [-0.1, -0.05) is 35.9 Å². The third kappa shape index (κ3) is 5.90. The lowest BCUT2D eigenvalue weighted by molar-refractivity contribution is 0.257. The van der Waals surface area contributed by atoms with Crippen molar-refractivity contribution in [3.63, 3.8) is 0 Å². The van der Waals surface area contributed by atoms with E-state index in [1.807, 2.05) is 26.0 Å². The van der Waals surface area contributed by atoms with Gasteiger partial charge in [0.25, 0.3) is 0 Å². The number of carbonyl (C=O) groups excluding carboxylic acids is 1. The van der Waals surface area contributed by atoms with Crippen LogP contribution in [0.2, 0.25) is 0 Å². The van der Waals surface area contributed by atoms with Crippen molar-refractivity contribution >= 4 is 27.4 Å². The van der Waals surface area contributed by atoms with Gasteiger partial charge in [-0.05, 0) is 61.9 Å². The smallest absolute Gasteiger partial charge is 0.307 e. The van der Waals surface area contributed by atoms with E-state index < -0.39 is 21.9 Å². The minimum absolute atomic E-state index is 0.0191. The van der Waals surface area contributed by atoms with Crippen LogP contribution < -0.4 is 14.9 Å². The van der Waals surface area contributed by atoms with Crippen LogP contribution in [0.5, 0.6) is 0 Å². The van der Waals surface area contributed by atoms with Crippen LogP contribution >= 0.6 is 0 Å². The normalized spacial score (nSPS) is 11.2. The fraction of sp³-hybridized carbons (Fsp3) is 0.174. The Labute approximate surface area is 181 Å². The van der Waals surface area contributed by atoms with Gasteiger partial charge in [-0.3, -0.25) is 4.90 Å². The largest absolute Gasteiger partial charge is 0.326 e. The summed E-state index contributed by atoms with van der Waals surface area (Å²) in [6.07, 6.45) is 0.